The van der Waals surface area contributed by atoms with E-state index in [0.717, 1.165) is 18.9 Å². The largest absolute Gasteiger partial charge is 0.324 e. The van der Waals surface area contributed by atoms with E-state index in [-0.39, 0.29) is 5.56 Å². The molecule has 2 N–H and O–H groups in total. The zero-order valence-electron chi connectivity index (χ0n) is 8.56. The Bertz CT molecular complexity index is 339. The van der Waals surface area contributed by atoms with Gasteiger partial charge < -0.3 is 5.73 Å². The van der Waals surface area contributed by atoms with E-state index in [2.05, 4.69) is 0 Å². The Morgan fingerprint density at radius 3 is 2.47 bits per heavy atom. The number of rotatable bonds is 4. The van der Waals surface area contributed by atoms with E-state index in [1.54, 1.807) is 0 Å². The fourth-order valence-electron chi connectivity index (χ4n) is 1.41. The van der Waals surface area contributed by atoms with Gasteiger partial charge in [-0.1, -0.05) is 25.8 Å². The molecule has 0 saturated heterocycles. The van der Waals surface area contributed by atoms with Crippen LogP contribution >= 0.6 is 0 Å². The lowest BCUT2D eigenvalue weighted by Gasteiger charge is -2.12. The summed E-state index contributed by atoms with van der Waals surface area (Å²) >= 11 is 0. The molecular formula is C11H14F3N. The summed E-state index contributed by atoms with van der Waals surface area (Å²) in [6, 6.07) is 1.54. The molecule has 0 bridgehead atoms. The zero-order chi connectivity index (χ0) is 11.4. The fraction of sp³-hybridized carbons (Fsp3) is 0.455. The number of nitrogens with two attached hydrogens (primary N) is 1. The molecule has 0 heterocycles. The average Bonchev–Trinajstić information content (AvgIpc) is 2.23. The van der Waals surface area contributed by atoms with Crippen molar-refractivity contribution in [3.05, 3.63) is 35.1 Å². The van der Waals surface area contributed by atoms with E-state index in [0.29, 0.717) is 6.42 Å². The molecule has 0 radical (unpaired) electrons. The van der Waals surface area contributed by atoms with Gasteiger partial charge in [0.2, 0.25) is 0 Å². The maximum absolute atomic E-state index is 13.2. The molecular weight excluding hydrogens is 203 g/mol. The van der Waals surface area contributed by atoms with Gasteiger partial charge in [-0.15, -0.1) is 0 Å². The lowest BCUT2D eigenvalue weighted by molar-refractivity contribution is 0.432. The lowest BCUT2D eigenvalue weighted by Crippen LogP contribution is -2.13. The van der Waals surface area contributed by atoms with E-state index in [4.69, 9.17) is 5.73 Å². The number of hydrogen-bond donors (Lipinski definition) is 1. The molecule has 1 nitrogen and oxygen atoms in total. The van der Waals surface area contributed by atoms with Crippen molar-refractivity contribution >= 4 is 0 Å². The van der Waals surface area contributed by atoms with Crippen LogP contribution < -0.4 is 5.73 Å². The van der Waals surface area contributed by atoms with Gasteiger partial charge in [-0.2, -0.15) is 0 Å². The van der Waals surface area contributed by atoms with Crippen molar-refractivity contribution in [3.8, 4) is 0 Å². The quantitative estimate of drug-likeness (QED) is 0.769. The minimum atomic E-state index is -1.44. The zero-order valence-corrected chi connectivity index (χ0v) is 8.56. The second kappa shape index (κ2) is 5.16. The predicted octanol–water partition coefficient (Wildman–Crippen LogP) is 3.29. The van der Waals surface area contributed by atoms with Crippen LogP contribution in [-0.4, -0.2) is 0 Å². The topological polar surface area (TPSA) is 26.0 Å². The van der Waals surface area contributed by atoms with E-state index >= 15 is 0 Å². The van der Waals surface area contributed by atoms with Crippen molar-refractivity contribution in [1.29, 1.82) is 0 Å². The number of benzene rings is 1. The molecule has 0 saturated carbocycles. The van der Waals surface area contributed by atoms with Gasteiger partial charge in [0.15, 0.2) is 17.5 Å². The SMILES string of the molecule is CCCC[C@H](N)c1ccc(F)c(F)c1F. The number of unbranched alkanes of at least 4 members (excludes halogenated alkanes) is 1. The molecule has 1 atom stereocenters. The van der Waals surface area contributed by atoms with E-state index < -0.39 is 23.5 Å². The first kappa shape index (κ1) is 12.0. The van der Waals surface area contributed by atoms with Crippen LogP contribution in [0.5, 0.6) is 0 Å². The summed E-state index contributed by atoms with van der Waals surface area (Å²) in [4.78, 5) is 0. The molecule has 0 amide bonds. The smallest absolute Gasteiger partial charge is 0.194 e. The number of hydrogen-bond acceptors (Lipinski definition) is 1. The van der Waals surface area contributed by atoms with Crippen molar-refractivity contribution in [2.45, 2.75) is 32.2 Å². The summed E-state index contributed by atoms with van der Waals surface area (Å²) in [5, 5.41) is 0. The Hall–Kier alpha value is -1.03. The minimum Gasteiger partial charge on any atom is -0.324 e. The van der Waals surface area contributed by atoms with Gasteiger partial charge in [0, 0.05) is 11.6 Å². The first-order valence-electron chi connectivity index (χ1n) is 4.96. The van der Waals surface area contributed by atoms with E-state index in [1.807, 2.05) is 6.92 Å². The Balaban J connectivity index is 2.90. The minimum absolute atomic E-state index is 0.0438. The second-order valence-electron chi connectivity index (χ2n) is 3.51. The van der Waals surface area contributed by atoms with Gasteiger partial charge in [0.05, 0.1) is 0 Å². The summed E-state index contributed by atoms with van der Waals surface area (Å²) in [5.41, 5.74) is 5.72. The highest BCUT2D eigenvalue weighted by molar-refractivity contribution is 5.23. The molecule has 0 aliphatic carbocycles. The van der Waals surface area contributed by atoms with Crippen LogP contribution in [0.15, 0.2) is 12.1 Å². The van der Waals surface area contributed by atoms with Crippen molar-refractivity contribution in [2.24, 2.45) is 5.73 Å². The summed E-state index contributed by atoms with van der Waals surface area (Å²) in [7, 11) is 0. The van der Waals surface area contributed by atoms with Gasteiger partial charge in [-0.25, -0.2) is 13.2 Å². The Morgan fingerprint density at radius 2 is 1.87 bits per heavy atom. The van der Waals surface area contributed by atoms with Gasteiger partial charge in [0.25, 0.3) is 0 Å². The maximum atomic E-state index is 13.2. The van der Waals surface area contributed by atoms with Gasteiger partial charge in [-0.05, 0) is 12.5 Å². The molecule has 0 spiro atoms. The van der Waals surface area contributed by atoms with Crippen LogP contribution in [0.3, 0.4) is 0 Å². The van der Waals surface area contributed by atoms with Crippen LogP contribution in [0.1, 0.15) is 37.8 Å². The van der Waals surface area contributed by atoms with Gasteiger partial charge >= 0.3 is 0 Å². The predicted molar refractivity (Wildman–Crippen MR) is 52.8 cm³/mol. The highest BCUT2D eigenvalue weighted by Gasteiger charge is 2.17. The third kappa shape index (κ3) is 2.72. The Kier molecular flexibility index (Phi) is 4.15. The van der Waals surface area contributed by atoms with Crippen molar-refractivity contribution < 1.29 is 13.2 Å². The van der Waals surface area contributed by atoms with Crippen LogP contribution in [0, 0.1) is 17.5 Å². The van der Waals surface area contributed by atoms with Crippen molar-refractivity contribution in [2.75, 3.05) is 0 Å². The normalized spacial score (nSPS) is 12.9. The summed E-state index contributed by atoms with van der Waals surface area (Å²) < 4.78 is 38.7. The molecule has 0 fully saturated rings. The fourth-order valence-corrected chi connectivity index (χ4v) is 1.41. The molecule has 0 aliphatic rings. The highest BCUT2D eigenvalue weighted by atomic mass is 19.2. The van der Waals surface area contributed by atoms with Crippen molar-refractivity contribution in [1.82, 2.24) is 0 Å². The van der Waals surface area contributed by atoms with Crippen LogP contribution in [0.25, 0.3) is 0 Å². The first-order chi connectivity index (χ1) is 7.07. The van der Waals surface area contributed by atoms with Crippen LogP contribution in [-0.2, 0) is 0 Å². The second-order valence-corrected chi connectivity index (χ2v) is 3.51. The lowest BCUT2D eigenvalue weighted by atomic mass is 10.0. The van der Waals surface area contributed by atoms with Gasteiger partial charge in [0.1, 0.15) is 0 Å². The Morgan fingerprint density at radius 1 is 1.20 bits per heavy atom. The number of halogens is 3. The molecule has 84 valence electrons. The summed E-state index contributed by atoms with van der Waals surface area (Å²) in [6.45, 7) is 1.98. The van der Waals surface area contributed by atoms with Crippen LogP contribution in [0.4, 0.5) is 13.2 Å². The third-order valence-electron chi connectivity index (χ3n) is 2.33. The first-order valence-corrected chi connectivity index (χ1v) is 4.96. The van der Waals surface area contributed by atoms with Gasteiger partial charge in [-0.3, -0.25) is 0 Å². The highest BCUT2D eigenvalue weighted by Crippen LogP contribution is 2.23. The summed E-state index contributed by atoms with van der Waals surface area (Å²) in [5.74, 6) is -3.79. The van der Waals surface area contributed by atoms with Crippen LogP contribution in [0.2, 0.25) is 0 Å². The molecule has 0 aliphatic heterocycles. The average molecular weight is 217 g/mol. The monoisotopic (exact) mass is 217 g/mol. The molecule has 4 heteroatoms. The molecule has 0 aromatic heterocycles. The molecule has 1 aromatic carbocycles. The molecule has 0 unspecified atom stereocenters. The molecule has 1 aromatic rings. The summed E-state index contributed by atoms with van der Waals surface area (Å²) in [6.07, 6.45) is 2.33. The maximum Gasteiger partial charge on any atom is 0.194 e. The Labute approximate surface area is 87.1 Å². The third-order valence-corrected chi connectivity index (χ3v) is 2.33. The van der Waals surface area contributed by atoms with E-state index in [1.165, 1.54) is 6.07 Å². The van der Waals surface area contributed by atoms with Crippen molar-refractivity contribution in [3.63, 3.8) is 0 Å². The molecule has 15 heavy (non-hydrogen) atoms. The molecule has 1 rings (SSSR count). The van der Waals surface area contributed by atoms with E-state index in [9.17, 15) is 13.2 Å². The standard InChI is InChI=1S/C11H14F3N/c1-2-3-4-9(15)7-5-6-8(12)11(14)10(7)13/h5-6,9H,2-4,15H2,1H3/t9-/m0/s1.